The summed E-state index contributed by atoms with van der Waals surface area (Å²) in [6.45, 7) is 0.554. The second kappa shape index (κ2) is 7.32. The lowest BCUT2D eigenvalue weighted by molar-refractivity contribution is 0.414. The Bertz CT molecular complexity index is 1350. The van der Waals surface area contributed by atoms with Crippen molar-refractivity contribution in [2.75, 3.05) is 12.4 Å². The number of ether oxygens (including phenoxy) is 1. The summed E-state index contributed by atoms with van der Waals surface area (Å²) in [6, 6.07) is 15.3. The van der Waals surface area contributed by atoms with Gasteiger partial charge in [0, 0.05) is 29.7 Å². The van der Waals surface area contributed by atoms with Crippen LogP contribution in [0.15, 0.2) is 67.1 Å². The van der Waals surface area contributed by atoms with Crippen LogP contribution in [0.25, 0.3) is 21.9 Å². The summed E-state index contributed by atoms with van der Waals surface area (Å²) in [5, 5.41) is 19.5. The van der Waals surface area contributed by atoms with Crippen molar-refractivity contribution in [2.24, 2.45) is 0 Å². The molecule has 30 heavy (non-hydrogen) atoms. The van der Waals surface area contributed by atoms with Crippen LogP contribution in [-0.4, -0.2) is 36.9 Å². The number of fused-ring (bicyclic) bond motifs is 2. The second-order valence-corrected chi connectivity index (χ2v) is 6.78. The molecule has 3 heterocycles. The van der Waals surface area contributed by atoms with Crippen LogP contribution in [0, 0.1) is 0 Å². The highest BCUT2D eigenvalue weighted by Crippen LogP contribution is 2.28. The molecule has 0 saturated heterocycles. The lowest BCUT2D eigenvalue weighted by Gasteiger charge is -2.06. The van der Waals surface area contributed by atoms with Crippen molar-refractivity contribution >= 4 is 33.4 Å². The molecule has 5 aromatic rings. The fourth-order valence-corrected chi connectivity index (χ4v) is 3.38. The average Bonchev–Trinajstić information content (AvgIpc) is 3.12. The van der Waals surface area contributed by atoms with Crippen molar-refractivity contribution in [3.63, 3.8) is 0 Å². The van der Waals surface area contributed by atoms with Gasteiger partial charge in [-0.1, -0.05) is 12.1 Å². The Balaban J connectivity index is 1.50. The van der Waals surface area contributed by atoms with Crippen LogP contribution in [0.4, 0.5) is 11.5 Å². The molecule has 0 unspecified atom stereocenters. The van der Waals surface area contributed by atoms with Crippen LogP contribution >= 0.6 is 0 Å². The van der Waals surface area contributed by atoms with Gasteiger partial charge >= 0.3 is 0 Å². The fraction of sp³-hybridized carbons (Fsp3) is 0.0909. The highest BCUT2D eigenvalue weighted by atomic mass is 16.5. The van der Waals surface area contributed by atoms with Crippen molar-refractivity contribution in [1.82, 2.24) is 24.7 Å². The molecule has 0 atom stereocenters. The topological polar surface area (TPSA) is 98.0 Å². The zero-order valence-electron chi connectivity index (χ0n) is 16.1. The number of nitrogens with zero attached hydrogens (tertiary/aromatic N) is 5. The second-order valence-electron chi connectivity index (χ2n) is 6.78. The van der Waals surface area contributed by atoms with Crippen LogP contribution in [0.1, 0.15) is 5.56 Å². The molecule has 0 saturated carbocycles. The third-order valence-corrected chi connectivity index (χ3v) is 4.87. The van der Waals surface area contributed by atoms with Crippen LogP contribution < -0.4 is 10.1 Å². The molecule has 2 N–H and O–H groups in total. The van der Waals surface area contributed by atoms with Crippen LogP contribution in [0.2, 0.25) is 0 Å². The number of methoxy groups -OCH3 is 1. The zero-order chi connectivity index (χ0) is 20.5. The fourth-order valence-electron chi connectivity index (χ4n) is 3.38. The minimum atomic E-state index is 0.0131. The van der Waals surface area contributed by atoms with Crippen LogP contribution in [0.5, 0.6) is 11.6 Å². The lowest BCUT2D eigenvalue weighted by Crippen LogP contribution is -2.03. The van der Waals surface area contributed by atoms with Gasteiger partial charge in [0.25, 0.3) is 0 Å². The van der Waals surface area contributed by atoms with Gasteiger partial charge in [-0.3, -0.25) is 0 Å². The van der Waals surface area contributed by atoms with E-state index in [1.165, 1.54) is 0 Å². The molecule has 0 amide bonds. The van der Waals surface area contributed by atoms with E-state index in [4.69, 9.17) is 9.84 Å². The SMILES string of the molecule is COc1ccc(Cn2nc(Nc3ccc4c(O)nccc4c3)c3nccnc32)cc1. The minimum absolute atomic E-state index is 0.0131. The normalized spacial score (nSPS) is 11.1. The molecular weight excluding hydrogens is 380 g/mol. The van der Waals surface area contributed by atoms with Crippen molar-refractivity contribution in [3.05, 3.63) is 72.7 Å². The standard InChI is InChI=1S/C22H18N6O2/c1-30-17-5-2-14(3-6-17)13-28-21-19(23-10-11-24-21)20(27-28)26-16-4-7-18-15(12-16)8-9-25-22(18)29/h2-12H,13H2,1H3,(H,25,29)(H,26,27). The molecule has 8 heteroatoms. The number of hydrogen-bond donors (Lipinski definition) is 2. The van der Waals surface area contributed by atoms with Crippen LogP contribution in [0.3, 0.4) is 0 Å². The van der Waals surface area contributed by atoms with Gasteiger partial charge in [-0.15, -0.1) is 0 Å². The molecule has 0 aliphatic heterocycles. The van der Waals surface area contributed by atoms with E-state index in [1.807, 2.05) is 53.2 Å². The Morgan fingerprint density at radius 3 is 2.63 bits per heavy atom. The van der Waals surface area contributed by atoms with Gasteiger partial charge < -0.3 is 15.2 Å². The summed E-state index contributed by atoms with van der Waals surface area (Å²) in [6.07, 6.45) is 4.88. The number of aromatic hydroxyl groups is 1. The first-order valence-electron chi connectivity index (χ1n) is 9.36. The van der Waals surface area contributed by atoms with E-state index in [2.05, 4.69) is 20.3 Å². The molecule has 0 spiro atoms. The van der Waals surface area contributed by atoms with E-state index >= 15 is 0 Å². The number of benzene rings is 2. The lowest BCUT2D eigenvalue weighted by atomic mass is 10.1. The third-order valence-electron chi connectivity index (χ3n) is 4.87. The van der Waals surface area contributed by atoms with E-state index in [9.17, 15) is 5.11 Å². The van der Waals surface area contributed by atoms with Gasteiger partial charge in [0.05, 0.1) is 13.7 Å². The van der Waals surface area contributed by atoms with Gasteiger partial charge in [-0.05, 0) is 47.3 Å². The quantitative estimate of drug-likeness (QED) is 0.464. The van der Waals surface area contributed by atoms with E-state index in [0.717, 1.165) is 22.4 Å². The molecule has 0 aliphatic rings. The molecule has 0 aliphatic carbocycles. The predicted molar refractivity (Wildman–Crippen MR) is 114 cm³/mol. The van der Waals surface area contributed by atoms with E-state index in [0.29, 0.717) is 28.9 Å². The Kier molecular flexibility index (Phi) is 4.36. The molecular formula is C22H18N6O2. The first-order valence-corrected chi connectivity index (χ1v) is 9.36. The first-order chi connectivity index (χ1) is 14.7. The van der Waals surface area contributed by atoms with E-state index in [-0.39, 0.29) is 5.88 Å². The van der Waals surface area contributed by atoms with E-state index < -0.39 is 0 Å². The highest BCUT2D eigenvalue weighted by molar-refractivity contribution is 5.91. The van der Waals surface area contributed by atoms with E-state index in [1.54, 1.807) is 25.7 Å². The Hall–Kier alpha value is -4.20. The summed E-state index contributed by atoms with van der Waals surface area (Å²) < 4.78 is 7.05. The third kappa shape index (κ3) is 3.24. The Labute approximate surface area is 171 Å². The maximum Gasteiger partial charge on any atom is 0.218 e. The zero-order valence-corrected chi connectivity index (χ0v) is 16.1. The monoisotopic (exact) mass is 398 g/mol. The number of anilines is 2. The van der Waals surface area contributed by atoms with Crippen LogP contribution in [-0.2, 0) is 6.54 Å². The molecule has 2 aromatic carbocycles. The van der Waals surface area contributed by atoms with Gasteiger partial charge in [0.1, 0.15) is 5.75 Å². The summed E-state index contributed by atoms with van der Waals surface area (Å²) in [5.41, 5.74) is 3.28. The molecule has 5 rings (SSSR count). The minimum Gasteiger partial charge on any atom is -0.497 e. The molecule has 0 fully saturated rings. The maximum atomic E-state index is 9.90. The van der Waals surface area contributed by atoms with Gasteiger partial charge in [0.2, 0.25) is 5.88 Å². The molecule has 148 valence electrons. The Morgan fingerprint density at radius 1 is 0.967 bits per heavy atom. The van der Waals surface area contributed by atoms with Crippen molar-refractivity contribution in [1.29, 1.82) is 0 Å². The molecule has 8 nitrogen and oxygen atoms in total. The highest BCUT2D eigenvalue weighted by Gasteiger charge is 2.14. The number of pyridine rings is 1. The van der Waals surface area contributed by atoms with Crippen molar-refractivity contribution in [3.8, 4) is 11.6 Å². The van der Waals surface area contributed by atoms with Gasteiger partial charge in [-0.2, -0.15) is 5.10 Å². The molecule has 0 bridgehead atoms. The molecule has 3 aromatic heterocycles. The predicted octanol–water partition coefficient (Wildman–Crippen LogP) is 3.88. The summed E-state index contributed by atoms with van der Waals surface area (Å²) in [4.78, 5) is 12.8. The average molecular weight is 398 g/mol. The summed E-state index contributed by atoms with van der Waals surface area (Å²) in [7, 11) is 1.65. The number of rotatable bonds is 5. The number of nitrogens with one attached hydrogen (secondary N) is 1. The van der Waals surface area contributed by atoms with Gasteiger partial charge in [0.15, 0.2) is 17.0 Å². The smallest absolute Gasteiger partial charge is 0.218 e. The molecule has 0 radical (unpaired) electrons. The number of aromatic nitrogens is 5. The largest absolute Gasteiger partial charge is 0.497 e. The van der Waals surface area contributed by atoms with Gasteiger partial charge in [-0.25, -0.2) is 19.6 Å². The number of hydrogen-bond acceptors (Lipinski definition) is 7. The summed E-state index contributed by atoms with van der Waals surface area (Å²) in [5.74, 6) is 1.44. The first kappa shape index (κ1) is 17.9. The summed E-state index contributed by atoms with van der Waals surface area (Å²) >= 11 is 0. The van der Waals surface area contributed by atoms with Crippen molar-refractivity contribution < 1.29 is 9.84 Å². The Morgan fingerprint density at radius 2 is 1.80 bits per heavy atom. The van der Waals surface area contributed by atoms with Crippen molar-refractivity contribution in [2.45, 2.75) is 6.54 Å². The maximum absolute atomic E-state index is 9.90.